The minimum Gasteiger partial charge on any atom is -0.371 e. The van der Waals surface area contributed by atoms with Crippen LogP contribution < -0.4 is 4.90 Å². The minimum atomic E-state index is 0.0847. The van der Waals surface area contributed by atoms with Gasteiger partial charge in [0.25, 0.3) is 0 Å². The van der Waals surface area contributed by atoms with Gasteiger partial charge in [-0.25, -0.2) is 4.98 Å². The van der Waals surface area contributed by atoms with E-state index in [1.165, 1.54) is 5.69 Å². The molecule has 1 amide bonds. The predicted octanol–water partition coefficient (Wildman–Crippen LogP) is 3.59. The van der Waals surface area contributed by atoms with E-state index in [1.54, 1.807) is 17.4 Å². The van der Waals surface area contributed by atoms with Gasteiger partial charge in [0.05, 0.1) is 10.7 Å². The van der Waals surface area contributed by atoms with Crippen LogP contribution >= 0.6 is 11.3 Å². The van der Waals surface area contributed by atoms with Crippen LogP contribution in [0.2, 0.25) is 0 Å². The molecule has 1 aliphatic heterocycles. The number of rotatable bonds is 4. The lowest BCUT2D eigenvalue weighted by atomic mass is 10.0. The van der Waals surface area contributed by atoms with Crippen molar-refractivity contribution in [1.29, 1.82) is 0 Å². The average Bonchev–Trinajstić information content (AvgIpc) is 3.05. The summed E-state index contributed by atoms with van der Waals surface area (Å²) in [6, 6.07) is 10.9. The maximum atomic E-state index is 12.3. The third-order valence-electron chi connectivity index (χ3n) is 4.52. The largest absolute Gasteiger partial charge is 0.371 e. The van der Waals surface area contributed by atoms with Gasteiger partial charge in [0.2, 0.25) is 5.91 Å². The standard InChI is InChI=1S/C19H23N3OS/c1-15-20-16(14-24-15)8-9-19(23)22-12-10-18(11-13-22)21(2)17-6-4-3-5-7-17/h3-9,14,18H,10-13H2,1-2H3/b9-8+. The Morgan fingerprint density at radius 1 is 1.29 bits per heavy atom. The minimum absolute atomic E-state index is 0.0847. The van der Waals surface area contributed by atoms with Crippen molar-refractivity contribution in [1.82, 2.24) is 9.88 Å². The number of hydrogen-bond donors (Lipinski definition) is 0. The molecule has 126 valence electrons. The molecule has 1 aliphatic rings. The summed E-state index contributed by atoms with van der Waals surface area (Å²) in [5.74, 6) is 0.0847. The lowest BCUT2D eigenvalue weighted by molar-refractivity contribution is -0.126. The number of nitrogens with zero attached hydrogens (tertiary/aromatic N) is 3. The van der Waals surface area contributed by atoms with Gasteiger partial charge in [-0.2, -0.15) is 0 Å². The molecule has 2 heterocycles. The van der Waals surface area contributed by atoms with Gasteiger partial charge < -0.3 is 9.80 Å². The van der Waals surface area contributed by atoms with Crippen molar-refractivity contribution in [3.63, 3.8) is 0 Å². The molecule has 0 saturated carbocycles. The van der Waals surface area contributed by atoms with Crippen molar-refractivity contribution in [3.8, 4) is 0 Å². The normalized spacial score (nSPS) is 15.8. The lowest BCUT2D eigenvalue weighted by Crippen LogP contribution is -2.45. The first kappa shape index (κ1) is 16.7. The quantitative estimate of drug-likeness (QED) is 0.798. The molecular weight excluding hydrogens is 318 g/mol. The van der Waals surface area contributed by atoms with E-state index in [2.05, 4.69) is 41.2 Å². The molecule has 0 atom stereocenters. The summed E-state index contributed by atoms with van der Waals surface area (Å²) >= 11 is 1.60. The molecule has 1 fully saturated rings. The molecule has 0 unspecified atom stereocenters. The fraction of sp³-hybridized carbons (Fsp3) is 0.368. The summed E-state index contributed by atoms with van der Waals surface area (Å²) in [4.78, 5) is 20.9. The molecule has 0 spiro atoms. The molecule has 24 heavy (non-hydrogen) atoms. The topological polar surface area (TPSA) is 36.4 Å². The molecule has 0 aliphatic carbocycles. The predicted molar refractivity (Wildman–Crippen MR) is 100 cm³/mol. The van der Waals surface area contributed by atoms with E-state index >= 15 is 0 Å². The number of benzene rings is 1. The SMILES string of the molecule is Cc1nc(/C=C/C(=O)N2CCC(N(C)c3ccccc3)CC2)cs1. The second-order valence-electron chi connectivity index (χ2n) is 6.13. The molecule has 1 aromatic heterocycles. The molecule has 5 heteroatoms. The molecule has 0 N–H and O–H groups in total. The Bertz CT molecular complexity index is 702. The van der Waals surface area contributed by atoms with Crippen LogP contribution in [0, 0.1) is 6.92 Å². The Kier molecular flexibility index (Phi) is 5.30. The molecule has 4 nitrogen and oxygen atoms in total. The lowest BCUT2D eigenvalue weighted by Gasteiger charge is -2.37. The average molecular weight is 341 g/mol. The number of likely N-dealkylation sites (tertiary alicyclic amines) is 1. The summed E-state index contributed by atoms with van der Waals surface area (Å²) in [6.07, 6.45) is 5.46. The highest BCUT2D eigenvalue weighted by atomic mass is 32.1. The number of para-hydroxylation sites is 1. The number of piperidine rings is 1. The number of aryl methyl sites for hydroxylation is 1. The molecular formula is C19H23N3OS. The van der Waals surface area contributed by atoms with E-state index in [1.807, 2.05) is 29.3 Å². The summed E-state index contributed by atoms with van der Waals surface area (Å²) in [5.41, 5.74) is 2.10. The Hall–Kier alpha value is -2.14. The van der Waals surface area contributed by atoms with Crippen LogP contribution in [-0.4, -0.2) is 42.0 Å². The molecule has 2 aromatic rings. The zero-order valence-corrected chi connectivity index (χ0v) is 15.0. The van der Waals surface area contributed by atoms with E-state index in [0.29, 0.717) is 6.04 Å². The number of carbonyl (C=O) groups is 1. The van der Waals surface area contributed by atoms with Gasteiger partial charge in [-0.3, -0.25) is 4.79 Å². The van der Waals surface area contributed by atoms with E-state index in [4.69, 9.17) is 0 Å². The summed E-state index contributed by atoms with van der Waals surface area (Å²) in [6.45, 7) is 3.58. The van der Waals surface area contributed by atoms with Crippen LogP contribution in [-0.2, 0) is 4.79 Å². The number of aromatic nitrogens is 1. The third kappa shape index (κ3) is 4.03. The van der Waals surface area contributed by atoms with Crippen LogP contribution in [0.1, 0.15) is 23.5 Å². The zero-order valence-electron chi connectivity index (χ0n) is 14.2. The van der Waals surface area contributed by atoms with Gasteiger partial charge in [0, 0.05) is 43.3 Å². The van der Waals surface area contributed by atoms with Crippen LogP contribution in [0.5, 0.6) is 0 Å². The van der Waals surface area contributed by atoms with E-state index in [0.717, 1.165) is 36.6 Å². The van der Waals surface area contributed by atoms with E-state index < -0.39 is 0 Å². The van der Waals surface area contributed by atoms with Gasteiger partial charge in [-0.1, -0.05) is 18.2 Å². The van der Waals surface area contributed by atoms with Crippen LogP contribution in [0.4, 0.5) is 5.69 Å². The third-order valence-corrected chi connectivity index (χ3v) is 5.31. The van der Waals surface area contributed by atoms with Crippen LogP contribution in [0.3, 0.4) is 0 Å². The smallest absolute Gasteiger partial charge is 0.246 e. The maximum absolute atomic E-state index is 12.3. The van der Waals surface area contributed by atoms with Crippen molar-refractivity contribution in [2.24, 2.45) is 0 Å². The highest BCUT2D eigenvalue weighted by Gasteiger charge is 2.24. The number of amides is 1. The number of hydrogen-bond acceptors (Lipinski definition) is 4. The Morgan fingerprint density at radius 3 is 2.62 bits per heavy atom. The fourth-order valence-corrected chi connectivity index (χ4v) is 3.65. The molecule has 3 rings (SSSR count). The van der Waals surface area contributed by atoms with Gasteiger partial charge in [0.15, 0.2) is 0 Å². The number of thiazole rings is 1. The van der Waals surface area contributed by atoms with E-state index in [9.17, 15) is 4.79 Å². The summed E-state index contributed by atoms with van der Waals surface area (Å²) in [5, 5.41) is 2.99. The summed E-state index contributed by atoms with van der Waals surface area (Å²) in [7, 11) is 2.14. The molecule has 0 radical (unpaired) electrons. The fourth-order valence-electron chi connectivity index (χ4n) is 3.07. The monoisotopic (exact) mass is 341 g/mol. The molecule has 0 bridgehead atoms. The summed E-state index contributed by atoms with van der Waals surface area (Å²) < 4.78 is 0. The zero-order chi connectivity index (χ0) is 16.9. The first-order chi connectivity index (χ1) is 11.6. The first-order valence-corrected chi connectivity index (χ1v) is 9.18. The number of carbonyl (C=O) groups excluding carboxylic acids is 1. The Balaban J connectivity index is 1.53. The van der Waals surface area contributed by atoms with Crippen molar-refractivity contribution in [2.75, 3.05) is 25.0 Å². The van der Waals surface area contributed by atoms with Gasteiger partial charge in [-0.15, -0.1) is 11.3 Å². The number of anilines is 1. The first-order valence-electron chi connectivity index (χ1n) is 8.30. The van der Waals surface area contributed by atoms with Crippen molar-refractivity contribution in [2.45, 2.75) is 25.8 Å². The second kappa shape index (κ2) is 7.62. The second-order valence-corrected chi connectivity index (χ2v) is 7.19. The van der Waals surface area contributed by atoms with Gasteiger partial charge in [-0.05, 0) is 38.0 Å². The molecule has 1 aromatic carbocycles. The Labute approximate surface area is 147 Å². The highest BCUT2D eigenvalue weighted by Crippen LogP contribution is 2.22. The Morgan fingerprint density at radius 2 is 2.00 bits per heavy atom. The maximum Gasteiger partial charge on any atom is 0.246 e. The van der Waals surface area contributed by atoms with Gasteiger partial charge in [0.1, 0.15) is 0 Å². The van der Waals surface area contributed by atoms with Crippen LogP contribution in [0.15, 0.2) is 41.8 Å². The highest BCUT2D eigenvalue weighted by molar-refractivity contribution is 7.09. The van der Waals surface area contributed by atoms with Crippen molar-refractivity contribution < 1.29 is 4.79 Å². The molecule has 1 saturated heterocycles. The van der Waals surface area contributed by atoms with Crippen molar-refractivity contribution >= 4 is 29.0 Å². The van der Waals surface area contributed by atoms with Gasteiger partial charge >= 0.3 is 0 Å². The van der Waals surface area contributed by atoms with Crippen LogP contribution in [0.25, 0.3) is 6.08 Å². The van der Waals surface area contributed by atoms with Crippen molar-refractivity contribution in [3.05, 3.63) is 52.5 Å². The van der Waals surface area contributed by atoms with E-state index in [-0.39, 0.29) is 5.91 Å².